The molecule has 2 aromatic heterocycles. The first-order valence-electron chi connectivity index (χ1n) is 12.9. The van der Waals surface area contributed by atoms with E-state index in [-0.39, 0.29) is 12.4 Å². The number of halogens is 2. The Balaban J connectivity index is 0.00000304. The molecular weight excluding hydrogens is 495 g/mol. The van der Waals surface area contributed by atoms with Crippen LogP contribution in [0, 0.1) is 6.92 Å². The Labute approximate surface area is 225 Å². The van der Waals surface area contributed by atoms with Gasteiger partial charge in [0.05, 0.1) is 11.1 Å². The average Bonchev–Trinajstić information content (AvgIpc) is 3.31. The number of piperazine rings is 2. The van der Waals surface area contributed by atoms with E-state index in [1.54, 1.807) is 6.33 Å². The molecule has 2 fully saturated rings. The van der Waals surface area contributed by atoms with Crippen LogP contribution in [0.2, 0.25) is 5.02 Å². The van der Waals surface area contributed by atoms with Gasteiger partial charge in [-0.25, -0.2) is 9.97 Å². The SMILES string of the molecule is CCc1n[nH]c2ncnc(N3CCN(c4cc(Cl)cc(CCCN5CCN(C)CC5)c4C)CC3)c12.Cl. The van der Waals surface area contributed by atoms with E-state index in [1.165, 1.54) is 49.4 Å². The molecule has 0 spiro atoms. The van der Waals surface area contributed by atoms with Crippen LogP contribution in [-0.4, -0.2) is 95.9 Å². The molecule has 0 amide bonds. The van der Waals surface area contributed by atoms with Crippen molar-refractivity contribution >= 4 is 46.5 Å². The molecule has 0 atom stereocenters. The maximum Gasteiger partial charge on any atom is 0.160 e. The fourth-order valence-corrected chi connectivity index (χ4v) is 5.67. The lowest BCUT2D eigenvalue weighted by Crippen LogP contribution is -2.47. The van der Waals surface area contributed by atoms with Crippen LogP contribution in [0.25, 0.3) is 11.0 Å². The molecule has 4 heterocycles. The molecule has 196 valence electrons. The van der Waals surface area contributed by atoms with Crippen LogP contribution in [0.3, 0.4) is 0 Å². The zero-order chi connectivity index (χ0) is 24.4. The summed E-state index contributed by atoms with van der Waals surface area (Å²) in [6.07, 6.45) is 4.74. The van der Waals surface area contributed by atoms with Crippen molar-refractivity contribution < 1.29 is 0 Å². The monoisotopic (exact) mass is 532 g/mol. The van der Waals surface area contributed by atoms with Crippen LogP contribution in [-0.2, 0) is 12.8 Å². The van der Waals surface area contributed by atoms with E-state index in [4.69, 9.17) is 11.6 Å². The standard InChI is InChI=1S/C26H37ClN8.ClH/c1-4-22-24-25(31-30-22)28-18-29-26(24)35-14-12-34(13-15-35)23-17-21(27)16-20(19(23)2)6-5-7-33-10-8-32(3)9-11-33;/h16-18H,4-15H2,1-3H3,(H,28,29,30,31);1H. The van der Waals surface area contributed by atoms with Gasteiger partial charge in [-0.1, -0.05) is 18.5 Å². The van der Waals surface area contributed by atoms with E-state index in [9.17, 15) is 0 Å². The number of fused-ring (bicyclic) bond motifs is 1. The Hall–Kier alpha value is -2.13. The number of benzene rings is 1. The second kappa shape index (κ2) is 11.9. The number of aromatic amines is 1. The van der Waals surface area contributed by atoms with Crippen molar-refractivity contribution in [2.24, 2.45) is 0 Å². The minimum absolute atomic E-state index is 0. The second-order valence-electron chi connectivity index (χ2n) is 9.88. The van der Waals surface area contributed by atoms with Crippen molar-refractivity contribution in [1.29, 1.82) is 0 Å². The number of likely N-dealkylation sites (N-methyl/N-ethyl adjacent to an activating group) is 1. The highest BCUT2D eigenvalue weighted by atomic mass is 35.5. The molecule has 36 heavy (non-hydrogen) atoms. The highest BCUT2D eigenvalue weighted by molar-refractivity contribution is 6.31. The van der Waals surface area contributed by atoms with Gasteiger partial charge in [-0.15, -0.1) is 12.4 Å². The van der Waals surface area contributed by atoms with E-state index in [0.29, 0.717) is 0 Å². The summed E-state index contributed by atoms with van der Waals surface area (Å²) < 4.78 is 0. The number of H-pyrrole nitrogens is 1. The Bertz CT molecular complexity index is 1150. The predicted octanol–water partition coefficient (Wildman–Crippen LogP) is 3.81. The molecule has 2 saturated heterocycles. The van der Waals surface area contributed by atoms with Gasteiger partial charge in [0.15, 0.2) is 5.65 Å². The molecule has 2 aliphatic heterocycles. The van der Waals surface area contributed by atoms with Crippen LogP contribution in [0.4, 0.5) is 11.5 Å². The Morgan fingerprint density at radius 3 is 2.42 bits per heavy atom. The molecule has 1 N–H and O–H groups in total. The lowest BCUT2D eigenvalue weighted by molar-refractivity contribution is 0.153. The molecule has 0 aliphatic carbocycles. The second-order valence-corrected chi connectivity index (χ2v) is 10.3. The highest BCUT2D eigenvalue weighted by Crippen LogP contribution is 2.31. The Morgan fingerprint density at radius 1 is 0.972 bits per heavy atom. The Kier molecular flexibility index (Phi) is 8.93. The lowest BCUT2D eigenvalue weighted by Gasteiger charge is -2.38. The van der Waals surface area contributed by atoms with Gasteiger partial charge >= 0.3 is 0 Å². The van der Waals surface area contributed by atoms with Gasteiger partial charge in [0.25, 0.3) is 0 Å². The van der Waals surface area contributed by atoms with E-state index < -0.39 is 0 Å². The summed E-state index contributed by atoms with van der Waals surface area (Å²) >= 11 is 6.62. The van der Waals surface area contributed by atoms with Crippen molar-refractivity contribution in [2.45, 2.75) is 33.1 Å². The summed E-state index contributed by atoms with van der Waals surface area (Å²) in [5, 5.41) is 9.39. The third-order valence-corrected chi connectivity index (χ3v) is 7.85. The van der Waals surface area contributed by atoms with Crippen molar-refractivity contribution in [3.05, 3.63) is 40.3 Å². The molecule has 0 saturated carbocycles. The van der Waals surface area contributed by atoms with Gasteiger partial charge in [0.2, 0.25) is 0 Å². The molecule has 0 radical (unpaired) electrons. The summed E-state index contributed by atoms with van der Waals surface area (Å²) in [7, 11) is 2.21. The van der Waals surface area contributed by atoms with E-state index >= 15 is 0 Å². The minimum atomic E-state index is 0. The molecule has 1 aromatic carbocycles. The number of anilines is 2. The topological polar surface area (TPSA) is 67.4 Å². The summed E-state index contributed by atoms with van der Waals surface area (Å²) in [4.78, 5) is 18.9. The predicted molar refractivity (Wildman–Crippen MR) is 151 cm³/mol. The fraction of sp³-hybridized carbons (Fsp3) is 0.577. The number of aryl methyl sites for hydroxylation is 2. The molecule has 5 rings (SSSR count). The normalized spacial score (nSPS) is 17.6. The summed E-state index contributed by atoms with van der Waals surface area (Å²) in [6.45, 7) is 13.9. The van der Waals surface area contributed by atoms with Crippen molar-refractivity contribution in [1.82, 2.24) is 30.0 Å². The van der Waals surface area contributed by atoms with Crippen molar-refractivity contribution in [2.75, 3.05) is 75.8 Å². The molecule has 0 bridgehead atoms. The van der Waals surface area contributed by atoms with E-state index in [2.05, 4.69) is 72.8 Å². The van der Waals surface area contributed by atoms with Gasteiger partial charge in [0, 0.05) is 63.1 Å². The van der Waals surface area contributed by atoms with Gasteiger partial charge in [-0.2, -0.15) is 5.10 Å². The van der Waals surface area contributed by atoms with Crippen molar-refractivity contribution in [3.63, 3.8) is 0 Å². The largest absolute Gasteiger partial charge is 0.368 e. The lowest BCUT2D eigenvalue weighted by atomic mass is 10.0. The highest BCUT2D eigenvalue weighted by Gasteiger charge is 2.24. The first-order valence-corrected chi connectivity index (χ1v) is 13.3. The average molecular weight is 534 g/mol. The van der Waals surface area contributed by atoms with Gasteiger partial charge in [0.1, 0.15) is 12.1 Å². The number of hydrogen-bond acceptors (Lipinski definition) is 7. The van der Waals surface area contributed by atoms with Crippen LogP contribution in [0.5, 0.6) is 0 Å². The molecule has 10 heteroatoms. The van der Waals surface area contributed by atoms with Crippen LogP contribution in [0.15, 0.2) is 18.5 Å². The summed E-state index contributed by atoms with van der Waals surface area (Å²) in [5.74, 6) is 0.993. The fourth-order valence-electron chi connectivity index (χ4n) is 5.43. The maximum atomic E-state index is 6.62. The summed E-state index contributed by atoms with van der Waals surface area (Å²) in [5.41, 5.74) is 5.88. The van der Waals surface area contributed by atoms with Gasteiger partial charge < -0.3 is 19.6 Å². The zero-order valence-electron chi connectivity index (χ0n) is 21.6. The maximum absolute atomic E-state index is 6.62. The number of nitrogens with one attached hydrogen (secondary N) is 1. The molecule has 2 aliphatic rings. The third-order valence-electron chi connectivity index (χ3n) is 7.64. The zero-order valence-corrected chi connectivity index (χ0v) is 23.2. The van der Waals surface area contributed by atoms with Crippen molar-refractivity contribution in [3.8, 4) is 0 Å². The first kappa shape index (κ1) is 26.9. The smallest absolute Gasteiger partial charge is 0.160 e. The Morgan fingerprint density at radius 2 is 1.69 bits per heavy atom. The molecule has 8 nitrogen and oxygen atoms in total. The number of aromatic nitrogens is 4. The first-order chi connectivity index (χ1) is 17.0. The molecular formula is C26H38Cl2N8. The van der Waals surface area contributed by atoms with Crippen LogP contribution >= 0.6 is 24.0 Å². The van der Waals surface area contributed by atoms with E-state index in [1.807, 2.05) is 0 Å². The van der Waals surface area contributed by atoms with E-state index in [0.717, 1.165) is 73.1 Å². The number of rotatable bonds is 7. The quantitative estimate of drug-likeness (QED) is 0.496. The molecule has 3 aromatic rings. The van der Waals surface area contributed by atoms with Crippen LogP contribution in [0.1, 0.15) is 30.2 Å². The summed E-state index contributed by atoms with van der Waals surface area (Å²) in [6, 6.07) is 4.31. The third kappa shape index (κ3) is 5.72. The minimum Gasteiger partial charge on any atom is -0.368 e. The number of nitrogens with zero attached hydrogens (tertiary/aromatic N) is 7. The molecule has 0 unspecified atom stereocenters. The van der Waals surface area contributed by atoms with Gasteiger partial charge in [-0.3, -0.25) is 5.10 Å². The van der Waals surface area contributed by atoms with Gasteiger partial charge in [-0.05, 0) is 63.0 Å². The number of hydrogen-bond donors (Lipinski definition) is 1. The van der Waals surface area contributed by atoms with Crippen LogP contribution < -0.4 is 9.80 Å².